The van der Waals surface area contributed by atoms with Gasteiger partial charge in [-0.1, -0.05) is 6.07 Å². The van der Waals surface area contributed by atoms with Gasteiger partial charge in [-0.3, -0.25) is 4.79 Å². The van der Waals surface area contributed by atoms with Crippen molar-refractivity contribution in [2.24, 2.45) is 0 Å². The van der Waals surface area contributed by atoms with Crippen molar-refractivity contribution in [1.82, 2.24) is 20.0 Å². The first kappa shape index (κ1) is 17.9. The van der Waals surface area contributed by atoms with Gasteiger partial charge in [0.15, 0.2) is 17.2 Å². The van der Waals surface area contributed by atoms with E-state index in [1.807, 2.05) is 0 Å². The second-order valence-corrected chi connectivity index (χ2v) is 6.07. The Morgan fingerprint density at radius 3 is 2.77 bits per heavy atom. The molecular formula is C16H12BrFN4O4. The van der Waals surface area contributed by atoms with E-state index in [2.05, 4.69) is 36.0 Å². The van der Waals surface area contributed by atoms with Crippen LogP contribution in [0.1, 0.15) is 18.2 Å². The molecular weight excluding hydrogens is 411 g/mol. The van der Waals surface area contributed by atoms with E-state index in [1.54, 1.807) is 12.1 Å². The van der Waals surface area contributed by atoms with Crippen molar-refractivity contribution in [3.8, 4) is 5.75 Å². The number of ether oxygens (including phenoxy) is 2. The molecule has 0 aliphatic heterocycles. The number of carbonyl (C=O) groups excluding carboxylic acids is 2. The highest BCUT2D eigenvalue weighted by atomic mass is 79.9. The fourth-order valence-electron chi connectivity index (χ4n) is 2.40. The van der Waals surface area contributed by atoms with E-state index < -0.39 is 17.9 Å². The lowest BCUT2D eigenvalue weighted by Crippen LogP contribution is -2.14. The lowest BCUT2D eigenvalue weighted by Gasteiger charge is -2.09. The normalized spacial score (nSPS) is 10.8. The molecule has 0 atom stereocenters. The van der Waals surface area contributed by atoms with Crippen molar-refractivity contribution in [2.45, 2.75) is 13.3 Å². The largest absolute Gasteiger partial charge is 0.451 e. The Hall–Kier alpha value is -2.88. The number of aromatic nitrogens is 4. The Kier molecular flexibility index (Phi) is 4.94. The van der Waals surface area contributed by atoms with Gasteiger partial charge >= 0.3 is 12.1 Å². The summed E-state index contributed by atoms with van der Waals surface area (Å²) in [6.07, 6.45) is 0.746. The van der Waals surface area contributed by atoms with Crippen molar-refractivity contribution < 1.29 is 23.5 Å². The smallest absolute Gasteiger partial charge is 0.436 e. The highest BCUT2D eigenvalue weighted by Gasteiger charge is 2.21. The molecule has 0 bridgehead atoms. The molecule has 0 aliphatic rings. The Bertz CT molecular complexity index is 1020. The van der Waals surface area contributed by atoms with Crippen LogP contribution >= 0.6 is 15.9 Å². The molecule has 10 heteroatoms. The third kappa shape index (κ3) is 3.27. The molecule has 0 saturated carbocycles. The topological polar surface area (TPSA) is 96.2 Å². The fourth-order valence-corrected chi connectivity index (χ4v) is 2.79. The molecule has 3 rings (SSSR count). The molecule has 0 fully saturated rings. The molecule has 8 nitrogen and oxygen atoms in total. The van der Waals surface area contributed by atoms with Crippen molar-refractivity contribution in [3.63, 3.8) is 0 Å². The summed E-state index contributed by atoms with van der Waals surface area (Å²) in [7, 11) is 1.21. The van der Waals surface area contributed by atoms with Gasteiger partial charge in [0.1, 0.15) is 0 Å². The summed E-state index contributed by atoms with van der Waals surface area (Å²) in [5.74, 6) is -1.54. The van der Waals surface area contributed by atoms with E-state index in [9.17, 15) is 14.0 Å². The number of nitrogens with zero attached hydrogens (tertiary/aromatic N) is 4. The molecule has 0 spiro atoms. The average Bonchev–Trinajstić information content (AvgIpc) is 2.99. The highest BCUT2D eigenvalue weighted by molar-refractivity contribution is 9.10. The monoisotopic (exact) mass is 422 g/mol. The van der Waals surface area contributed by atoms with Crippen LogP contribution in [0, 0.1) is 5.82 Å². The maximum atomic E-state index is 14.7. The van der Waals surface area contributed by atoms with Crippen molar-refractivity contribution in [2.75, 3.05) is 7.11 Å². The van der Waals surface area contributed by atoms with Crippen molar-refractivity contribution in [1.29, 1.82) is 0 Å². The summed E-state index contributed by atoms with van der Waals surface area (Å²) in [6.45, 7) is 1.18. The van der Waals surface area contributed by atoms with Crippen molar-refractivity contribution >= 4 is 39.0 Å². The summed E-state index contributed by atoms with van der Waals surface area (Å²) >= 11 is 3.15. The first-order valence-electron chi connectivity index (χ1n) is 7.35. The van der Waals surface area contributed by atoms with Gasteiger partial charge in [-0.05, 0) is 33.6 Å². The summed E-state index contributed by atoms with van der Waals surface area (Å²) < 4.78 is 25.6. The number of halogens is 2. The van der Waals surface area contributed by atoms with E-state index in [1.165, 1.54) is 26.3 Å². The lowest BCUT2D eigenvalue weighted by atomic mass is 10.1. The van der Waals surface area contributed by atoms with Gasteiger partial charge in [-0.15, -0.1) is 9.78 Å². The third-order valence-corrected chi connectivity index (χ3v) is 4.14. The van der Waals surface area contributed by atoms with E-state index in [0.717, 1.165) is 4.68 Å². The molecule has 0 N–H and O–H groups in total. The molecule has 0 radical (unpaired) electrons. The maximum absolute atomic E-state index is 14.7. The number of hydrogen-bond donors (Lipinski definition) is 0. The zero-order chi connectivity index (χ0) is 18.8. The van der Waals surface area contributed by atoms with Crippen LogP contribution in [0.3, 0.4) is 0 Å². The first-order chi connectivity index (χ1) is 12.4. The molecule has 2 aromatic heterocycles. The number of methoxy groups -OCH3 is 1. The minimum Gasteiger partial charge on any atom is -0.451 e. The maximum Gasteiger partial charge on any atom is 0.436 e. The van der Waals surface area contributed by atoms with Crippen LogP contribution in [0.25, 0.3) is 11.0 Å². The zero-order valence-electron chi connectivity index (χ0n) is 13.7. The van der Waals surface area contributed by atoms with Gasteiger partial charge in [0.2, 0.25) is 0 Å². The van der Waals surface area contributed by atoms with Gasteiger partial charge in [0.25, 0.3) is 0 Å². The molecule has 0 amide bonds. The lowest BCUT2D eigenvalue weighted by molar-refractivity contribution is -0.132. The minimum absolute atomic E-state index is 0.0412. The molecule has 2 heterocycles. The first-order valence-corrected chi connectivity index (χ1v) is 8.14. The molecule has 0 saturated heterocycles. The molecule has 0 unspecified atom stereocenters. The zero-order valence-corrected chi connectivity index (χ0v) is 15.3. The SMILES string of the molecule is COC(=O)n1nc(Cc2ccc(Br)c(OC(C)=O)c2F)c2ccnnc21. The Morgan fingerprint density at radius 2 is 2.08 bits per heavy atom. The Morgan fingerprint density at radius 1 is 1.31 bits per heavy atom. The van der Waals surface area contributed by atoms with Crippen LogP contribution in [0.4, 0.5) is 9.18 Å². The van der Waals surface area contributed by atoms with E-state index in [4.69, 9.17) is 4.74 Å². The van der Waals surface area contributed by atoms with Gasteiger partial charge in [0, 0.05) is 18.7 Å². The van der Waals surface area contributed by atoms with Gasteiger partial charge in [-0.2, -0.15) is 10.2 Å². The van der Waals surface area contributed by atoms with Crippen LogP contribution in [0.5, 0.6) is 5.75 Å². The summed E-state index contributed by atoms with van der Waals surface area (Å²) in [4.78, 5) is 23.0. The third-order valence-electron chi connectivity index (χ3n) is 3.51. The summed E-state index contributed by atoms with van der Waals surface area (Å²) in [5, 5.41) is 12.3. The number of carbonyl (C=O) groups is 2. The predicted octanol–water partition coefficient (Wildman–Crippen LogP) is 2.86. The molecule has 1 aromatic carbocycles. The second-order valence-electron chi connectivity index (χ2n) is 5.22. The van der Waals surface area contributed by atoms with Crippen LogP contribution in [0.2, 0.25) is 0 Å². The van der Waals surface area contributed by atoms with Gasteiger partial charge < -0.3 is 9.47 Å². The summed E-state index contributed by atoms with van der Waals surface area (Å²) in [5.41, 5.74) is 0.833. The molecule has 3 aromatic rings. The highest BCUT2D eigenvalue weighted by Crippen LogP contribution is 2.32. The summed E-state index contributed by atoms with van der Waals surface area (Å²) in [6, 6.07) is 4.72. The van der Waals surface area contributed by atoms with Crippen molar-refractivity contribution in [3.05, 3.63) is 45.9 Å². The second kappa shape index (κ2) is 7.16. The van der Waals surface area contributed by atoms with E-state index in [0.29, 0.717) is 15.6 Å². The van der Waals surface area contributed by atoms with Crippen LogP contribution in [-0.4, -0.2) is 39.2 Å². The Balaban J connectivity index is 2.07. The minimum atomic E-state index is -0.737. The molecule has 0 aliphatic carbocycles. The van der Waals surface area contributed by atoms with Gasteiger partial charge in [-0.25, -0.2) is 9.18 Å². The van der Waals surface area contributed by atoms with Crippen LogP contribution in [-0.2, 0) is 16.0 Å². The molecule has 134 valence electrons. The fraction of sp³-hybridized carbons (Fsp3) is 0.188. The number of hydrogen-bond acceptors (Lipinski definition) is 7. The van der Waals surface area contributed by atoms with E-state index >= 15 is 0 Å². The number of fused-ring (bicyclic) bond motifs is 1. The van der Waals surface area contributed by atoms with E-state index in [-0.39, 0.29) is 23.4 Å². The number of benzene rings is 1. The quantitative estimate of drug-likeness (QED) is 0.472. The number of rotatable bonds is 3. The number of esters is 1. The van der Waals surface area contributed by atoms with Crippen LogP contribution in [0.15, 0.2) is 28.9 Å². The predicted molar refractivity (Wildman–Crippen MR) is 91.3 cm³/mol. The standard InChI is InChI=1S/C16H12BrFN4O4/c1-8(23)26-14-11(17)4-3-9(13(14)18)7-12-10-5-6-19-20-15(10)22(21-12)16(24)25-2/h3-6H,7H2,1-2H3. The molecule has 26 heavy (non-hydrogen) atoms. The Labute approximate surface area is 155 Å². The van der Waals surface area contributed by atoms with Crippen LogP contribution < -0.4 is 4.74 Å². The average molecular weight is 423 g/mol. The van der Waals surface area contributed by atoms with Gasteiger partial charge in [0.05, 0.1) is 23.5 Å².